The average molecular weight is 355 g/mol. The molecule has 0 aliphatic heterocycles. The van der Waals surface area contributed by atoms with Crippen LogP contribution in [0.2, 0.25) is 0 Å². The molecule has 0 bridgehead atoms. The normalized spacial score (nSPS) is 20.4. The number of carbonyl (C=O) groups is 2. The first-order valence-electron chi connectivity index (χ1n) is 9.12. The van der Waals surface area contributed by atoms with Crippen molar-refractivity contribution >= 4 is 11.9 Å². The smallest absolute Gasteiger partial charge is 0.308 e. The number of aryl methyl sites for hydroxylation is 1. The van der Waals surface area contributed by atoms with Crippen molar-refractivity contribution in [2.75, 3.05) is 0 Å². The maximum absolute atomic E-state index is 12.8. The third-order valence-electron chi connectivity index (χ3n) is 5.15. The van der Waals surface area contributed by atoms with E-state index in [1.165, 1.54) is 0 Å². The van der Waals surface area contributed by atoms with Crippen molar-refractivity contribution in [2.45, 2.75) is 52.0 Å². The van der Waals surface area contributed by atoms with E-state index < -0.39 is 11.9 Å². The molecule has 1 saturated carbocycles. The summed E-state index contributed by atoms with van der Waals surface area (Å²) in [5.41, 5.74) is 3.25. The molecule has 6 nitrogen and oxygen atoms in total. The number of rotatable bonds is 4. The molecule has 6 heteroatoms. The summed E-state index contributed by atoms with van der Waals surface area (Å²) in [6, 6.07) is 7.58. The third kappa shape index (κ3) is 3.79. The zero-order chi connectivity index (χ0) is 18.7. The molecular formula is C20H25N3O3. The second-order valence-electron chi connectivity index (χ2n) is 7.06. The van der Waals surface area contributed by atoms with Gasteiger partial charge in [-0.2, -0.15) is 5.10 Å². The van der Waals surface area contributed by atoms with Crippen molar-refractivity contribution < 1.29 is 14.7 Å². The zero-order valence-electron chi connectivity index (χ0n) is 15.2. The fourth-order valence-corrected chi connectivity index (χ4v) is 3.67. The van der Waals surface area contributed by atoms with E-state index in [2.05, 4.69) is 10.4 Å². The van der Waals surface area contributed by atoms with Crippen LogP contribution < -0.4 is 5.32 Å². The molecule has 26 heavy (non-hydrogen) atoms. The molecule has 0 saturated heterocycles. The number of carboxylic acids is 1. The molecule has 1 aliphatic rings. The Bertz CT molecular complexity index is 812. The van der Waals surface area contributed by atoms with E-state index in [0.717, 1.165) is 36.2 Å². The highest BCUT2D eigenvalue weighted by Crippen LogP contribution is 2.24. The summed E-state index contributed by atoms with van der Waals surface area (Å²) >= 11 is 0. The summed E-state index contributed by atoms with van der Waals surface area (Å²) in [4.78, 5) is 24.3. The molecule has 1 aromatic carbocycles. The fraction of sp³-hybridized carbons (Fsp3) is 0.450. The lowest BCUT2D eigenvalue weighted by molar-refractivity contribution is -0.142. The summed E-state index contributed by atoms with van der Waals surface area (Å²) < 4.78 is 1.74. The van der Waals surface area contributed by atoms with Crippen LogP contribution in [0.1, 0.15) is 53.7 Å². The first-order valence-corrected chi connectivity index (χ1v) is 9.12. The molecule has 1 aliphatic carbocycles. The van der Waals surface area contributed by atoms with Crippen molar-refractivity contribution in [3.05, 3.63) is 47.3 Å². The van der Waals surface area contributed by atoms with Crippen molar-refractivity contribution in [3.63, 3.8) is 0 Å². The van der Waals surface area contributed by atoms with Crippen molar-refractivity contribution in [3.8, 4) is 5.69 Å². The van der Waals surface area contributed by atoms with E-state index >= 15 is 0 Å². The molecule has 0 spiro atoms. The van der Waals surface area contributed by atoms with Crippen LogP contribution in [0, 0.1) is 19.8 Å². The van der Waals surface area contributed by atoms with Gasteiger partial charge >= 0.3 is 5.97 Å². The fourth-order valence-electron chi connectivity index (χ4n) is 3.67. The standard InChI is InChI=1S/C20H25N3O3/c1-13-7-6-8-15(11-13)23-14(2)17(12-21-23)19(24)22-18-10-5-3-4-9-16(18)20(25)26/h6-8,11-12,16,18H,3-5,9-10H2,1-2H3,(H,22,24)(H,25,26)/t16-,18+/m1/s1. The van der Waals surface area contributed by atoms with Crippen LogP contribution >= 0.6 is 0 Å². The Morgan fingerprint density at radius 1 is 1.19 bits per heavy atom. The van der Waals surface area contributed by atoms with Gasteiger partial charge in [-0.25, -0.2) is 4.68 Å². The number of aromatic nitrogens is 2. The van der Waals surface area contributed by atoms with Gasteiger partial charge < -0.3 is 10.4 Å². The maximum Gasteiger partial charge on any atom is 0.308 e. The van der Waals surface area contributed by atoms with Gasteiger partial charge in [0.25, 0.3) is 5.91 Å². The Kier molecular flexibility index (Phi) is 5.40. The van der Waals surface area contributed by atoms with E-state index in [-0.39, 0.29) is 11.9 Å². The molecule has 3 rings (SSSR count). The summed E-state index contributed by atoms with van der Waals surface area (Å²) in [6.45, 7) is 3.86. The summed E-state index contributed by atoms with van der Waals surface area (Å²) in [6.07, 6.45) is 5.72. The average Bonchev–Trinajstić information content (AvgIpc) is 2.83. The number of amides is 1. The monoisotopic (exact) mass is 355 g/mol. The molecule has 1 amide bonds. The summed E-state index contributed by atoms with van der Waals surface area (Å²) in [7, 11) is 0. The molecule has 2 N–H and O–H groups in total. The minimum Gasteiger partial charge on any atom is -0.481 e. The quantitative estimate of drug-likeness (QED) is 0.825. The van der Waals surface area contributed by atoms with Gasteiger partial charge in [-0.05, 0) is 44.4 Å². The van der Waals surface area contributed by atoms with Crippen LogP contribution in [0.3, 0.4) is 0 Å². The number of carboxylic acid groups (broad SMARTS) is 1. The minimum absolute atomic E-state index is 0.250. The highest BCUT2D eigenvalue weighted by atomic mass is 16.4. The predicted octanol–water partition coefficient (Wildman–Crippen LogP) is 3.25. The molecule has 0 unspecified atom stereocenters. The number of hydrogen-bond donors (Lipinski definition) is 2. The Balaban J connectivity index is 1.81. The highest BCUT2D eigenvalue weighted by Gasteiger charge is 2.31. The van der Waals surface area contributed by atoms with Gasteiger partial charge in [0.15, 0.2) is 0 Å². The van der Waals surface area contributed by atoms with Crippen LogP contribution in [-0.2, 0) is 4.79 Å². The van der Waals surface area contributed by atoms with Gasteiger partial charge in [0.1, 0.15) is 0 Å². The predicted molar refractivity (Wildman–Crippen MR) is 98.5 cm³/mol. The van der Waals surface area contributed by atoms with Crippen LogP contribution in [0.4, 0.5) is 0 Å². The first-order chi connectivity index (χ1) is 12.5. The van der Waals surface area contributed by atoms with Gasteiger partial charge in [-0.15, -0.1) is 0 Å². The molecule has 1 aromatic heterocycles. The molecule has 1 heterocycles. The lowest BCUT2D eigenvalue weighted by Gasteiger charge is -2.22. The number of aliphatic carboxylic acids is 1. The highest BCUT2D eigenvalue weighted by molar-refractivity contribution is 5.95. The summed E-state index contributed by atoms with van der Waals surface area (Å²) in [5, 5.41) is 16.8. The number of nitrogens with zero attached hydrogens (tertiary/aromatic N) is 2. The van der Waals surface area contributed by atoms with Gasteiger partial charge in [-0.3, -0.25) is 9.59 Å². The van der Waals surface area contributed by atoms with Crippen molar-refractivity contribution in [1.82, 2.24) is 15.1 Å². The Hall–Kier alpha value is -2.63. The van der Waals surface area contributed by atoms with Gasteiger partial charge in [0.2, 0.25) is 0 Å². The largest absolute Gasteiger partial charge is 0.481 e. The SMILES string of the molecule is Cc1cccc(-n2ncc(C(=O)N[C@H]3CCCCC[C@H]3C(=O)O)c2C)c1. The Morgan fingerprint density at radius 2 is 1.96 bits per heavy atom. The van der Waals surface area contributed by atoms with Crippen LogP contribution in [0.25, 0.3) is 5.69 Å². The van der Waals surface area contributed by atoms with E-state index in [1.54, 1.807) is 10.9 Å². The molecule has 0 radical (unpaired) electrons. The number of benzene rings is 1. The van der Waals surface area contributed by atoms with E-state index in [4.69, 9.17) is 0 Å². The van der Waals surface area contributed by atoms with Crippen LogP contribution in [0.5, 0.6) is 0 Å². The zero-order valence-corrected chi connectivity index (χ0v) is 15.2. The topological polar surface area (TPSA) is 84.2 Å². The Morgan fingerprint density at radius 3 is 2.69 bits per heavy atom. The molecule has 2 atom stereocenters. The number of hydrogen-bond acceptors (Lipinski definition) is 3. The molecule has 2 aromatic rings. The number of carbonyl (C=O) groups excluding carboxylic acids is 1. The lowest BCUT2D eigenvalue weighted by atomic mass is 9.94. The molecule has 1 fully saturated rings. The lowest BCUT2D eigenvalue weighted by Crippen LogP contribution is -2.43. The molecular weight excluding hydrogens is 330 g/mol. The van der Waals surface area contributed by atoms with Crippen LogP contribution in [-0.4, -0.2) is 32.8 Å². The third-order valence-corrected chi connectivity index (χ3v) is 5.15. The molecule has 138 valence electrons. The van der Waals surface area contributed by atoms with Gasteiger partial charge in [-0.1, -0.05) is 31.4 Å². The van der Waals surface area contributed by atoms with E-state index in [9.17, 15) is 14.7 Å². The van der Waals surface area contributed by atoms with Crippen molar-refractivity contribution in [2.24, 2.45) is 5.92 Å². The van der Waals surface area contributed by atoms with Gasteiger partial charge in [0.05, 0.1) is 29.1 Å². The summed E-state index contributed by atoms with van der Waals surface area (Å²) in [5.74, 6) is -1.60. The first kappa shape index (κ1) is 18.2. The van der Waals surface area contributed by atoms with Crippen LogP contribution in [0.15, 0.2) is 30.5 Å². The second-order valence-corrected chi connectivity index (χ2v) is 7.06. The van der Waals surface area contributed by atoms with E-state index in [1.807, 2.05) is 38.1 Å². The van der Waals surface area contributed by atoms with E-state index in [0.29, 0.717) is 18.4 Å². The van der Waals surface area contributed by atoms with Crippen molar-refractivity contribution in [1.29, 1.82) is 0 Å². The minimum atomic E-state index is -0.829. The maximum atomic E-state index is 12.8. The second kappa shape index (κ2) is 7.72. The number of nitrogens with one attached hydrogen (secondary N) is 1. The Labute approximate surface area is 153 Å². The van der Waals surface area contributed by atoms with Gasteiger partial charge in [0, 0.05) is 6.04 Å².